The van der Waals surface area contributed by atoms with Gasteiger partial charge in [-0.05, 0) is 37.1 Å². The second-order valence-electron chi connectivity index (χ2n) is 6.59. The van der Waals surface area contributed by atoms with Crippen LogP contribution in [0.1, 0.15) is 16.7 Å². The molecule has 3 aromatic rings. The second kappa shape index (κ2) is 6.48. The van der Waals surface area contributed by atoms with Crippen molar-refractivity contribution < 1.29 is 9.53 Å². The number of ether oxygens (including phenoxy) is 1. The molecule has 0 spiro atoms. The lowest BCUT2D eigenvalue weighted by molar-refractivity contribution is -0.149. The largest absolute Gasteiger partial charge is 0.458 e. The number of aryl methyl sites for hydroxylation is 2. The first kappa shape index (κ1) is 16.1. The molecule has 0 amide bonds. The average Bonchev–Trinajstić information content (AvgIpc) is 2.97. The summed E-state index contributed by atoms with van der Waals surface area (Å²) in [6.07, 6.45) is 0.301. The minimum Gasteiger partial charge on any atom is -0.458 e. The fourth-order valence-electron chi connectivity index (χ4n) is 3.04. The van der Waals surface area contributed by atoms with Gasteiger partial charge in [-0.3, -0.25) is 4.79 Å². The van der Waals surface area contributed by atoms with Gasteiger partial charge in [0.1, 0.15) is 6.10 Å². The van der Waals surface area contributed by atoms with Crippen molar-refractivity contribution in [3.8, 4) is 0 Å². The maximum Gasteiger partial charge on any atom is 0.310 e. The Morgan fingerprint density at radius 3 is 2.84 bits per heavy atom. The molecule has 25 heavy (non-hydrogen) atoms. The molecule has 0 bridgehead atoms. The van der Waals surface area contributed by atoms with Crippen molar-refractivity contribution in [1.82, 2.24) is 4.98 Å². The standard InChI is InChI=1S/C20H20N2O2S/c1-13-7-8-14(2)15(9-13)10-19(23)24-16-11-22(12-16)20-21-17-5-3-4-6-18(17)25-20/h3-9,16H,10-12H2,1-2H3. The molecule has 128 valence electrons. The third-order valence-corrected chi connectivity index (χ3v) is 5.64. The van der Waals surface area contributed by atoms with Crippen LogP contribution < -0.4 is 4.90 Å². The highest BCUT2D eigenvalue weighted by Crippen LogP contribution is 2.31. The summed E-state index contributed by atoms with van der Waals surface area (Å²) >= 11 is 1.68. The molecule has 4 nitrogen and oxygen atoms in total. The minimum atomic E-state index is -0.150. The highest BCUT2D eigenvalue weighted by molar-refractivity contribution is 7.22. The zero-order valence-corrected chi connectivity index (χ0v) is 15.2. The Kier molecular flexibility index (Phi) is 4.17. The lowest BCUT2D eigenvalue weighted by Crippen LogP contribution is -2.53. The number of anilines is 1. The highest BCUT2D eigenvalue weighted by Gasteiger charge is 2.32. The van der Waals surface area contributed by atoms with E-state index in [1.165, 1.54) is 10.3 Å². The lowest BCUT2D eigenvalue weighted by Gasteiger charge is -2.38. The molecule has 0 unspecified atom stereocenters. The van der Waals surface area contributed by atoms with E-state index in [0.29, 0.717) is 6.42 Å². The summed E-state index contributed by atoms with van der Waals surface area (Å²) in [6.45, 7) is 5.51. The topological polar surface area (TPSA) is 42.4 Å². The first-order chi connectivity index (χ1) is 12.1. The third-order valence-electron chi connectivity index (χ3n) is 4.54. The summed E-state index contributed by atoms with van der Waals surface area (Å²) in [7, 11) is 0. The third kappa shape index (κ3) is 3.37. The molecule has 0 aliphatic carbocycles. The first-order valence-corrected chi connectivity index (χ1v) is 9.26. The maximum atomic E-state index is 12.2. The monoisotopic (exact) mass is 352 g/mol. The van der Waals surface area contributed by atoms with Gasteiger partial charge >= 0.3 is 5.97 Å². The number of fused-ring (bicyclic) bond motifs is 1. The summed E-state index contributed by atoms with van der Waals surface area (Å²) in [4.78, 5) is 19.0. The molecule has 1 aliphatic rings. The number of para-hydroxylation sites is 1. The molecule has 0 saturated carbocycles. The molecule has 5 heteroatoms. The fraction of sp³-hybridized carbons (Fsp3) is 0.300. The van der Waals surface area contributed by atoms with Gasteiger partial charge in [-0.25, -0.2) is 4.98 Å². The Balaban J connectivity index is 1.33. The van der Waals surface area contributed by atoms with Crippen molar-refractivity contribution in [2.45, 2.75) is 26.4 Å². The van der Waals surface area contributed by atoms with Crippen LogP contribution in [0.3, 0.4) is 0 Å². The Hall–Kier alpha value is -2.40. The highest BCUT2D eigenvalue weighted by atomic mass is 32.1. The van der Waals surface area contributed by atoms with E-state index in [1.807, 2.05) is 32.0 Å². The number of carbonyl (C=O) groups is 1. The van der Waals surface area contributed by atoms with E-state index in [0.717, 1.165) is 34.9 Å². The van der Waals surface area contributed by atoms with Gasteiger partial charge in [0, 0.05) is 0 Å². The van der Waals surface area contributed by atoms with Crippen LogP contribution in [0.2, 0.25) is 0 Å². The number of aromatic nitrogens is 1. The van der Waals surface area contributed by atoms with E-state index in [1.54, 1.807) is 11.3 Å². The number of thiazole rings is 1. The molecule has 4 rings (SSSR count). The van der Waals surface area contributed by atoms with Crippen LogP contribution in [0.15, 0.2) is 42.5 Å². The summed E-state index contributed by atoms with van der Waals surface area (Å²) in [5, 5.41) is 1.00. The summed E-state index contributed by atoms with van der Waals surface area (Å²) in [6, 6.07) is 14.3. The summed E-state index contributed by atoms with van der Waals surface area (Å²) in [5.74, 6) is -0.150. The molecule has 1 saturated heterocycles. The van der Waals surface area contributed by atoms with Crippen LogP contribution in [-0.2, 0) is 16.0 Å². The van der Waals surface area contributed by atoms with E-state index in [2.05, 4.69) is 34.1 Å². The van der Waals surface area contributed by atoms with Gasteiger partial charge in [0.15, 0.2) is 5.13 Å². The van der Waals surface area contributed by atoms with Crippen molar-refractivity contribution in [1.29, 1.82) is 0 Å². The molecule has 1 fully saturated rings. The predicted octanol–water partition coefficient (Wildman–Crippen LogP) is 3.89. The van der Waals surface area contributed by atoms with Crippen LogP contribution in [0, 0.1) is 13.8 Å². The van der Waals surface area contributed by atoms with Crippen LogP contribution in [0.5, 0.6) is 0 Å². The fourth-order valence-corrected chi connectivity index (χ4v) is 4.02. The SMILES string of the molecule is Cc1ccc(C)c(CC(=O)OC2CN(c3nc4ccccc4s3)C2)c1. The number of benzene rings is 2. The Labute approximate surface area is 151 Å². The van der Waals surface area contributed by atoms with E-state index in [4.69, 9.17) is 4.74 Å². The molecular weight excluding hydrogens is 332 g/mol. The number of nitrogens with zero attached hydrogens (tertiary/aromatic N) is 2. The van der Waals surface area contributed by atoms with Gasteiger partial charge in [-0.2, -0.15) is 0 Å². The molecule has 2 aromatic carbocycles. The quantitative estimate of drug-likeness (QED) is 0.668. The molecular formula is C20H20N2O2S. The number of esters is 1. The van der Waals surface area contributed by atoms with Gasteiger partial charge in [0.05, 0.1) is 29.7 Å². The Morgan fingerprint density at radius 2 is 2.04 bits per heavy atom. The van der Waals surface area contributed by atoms with Gasteiger partial charge in [0.2, 0.25) is 0 Å². The normalized spacial score (nSPS) is 14.6. The van der Waals surface area contributed by atoms with Gasteiger partial charge in [0.25, 0.3) is 0 Å². The maximum absolute atomic E-state index is 12.2. The van der Waals surface area contributed by atoms with Crippen LogP contribution in [0.4, 0.5) is 5.13 Å². The van der Waals surface area contributed by atoms with Gasteiger partial charge < -0.3 is 9.64 Å². The van der Waals surface area contributed by atoms with E-state index >= 15 is 0 Å². The zero-order chi connectivity index (χ0) is 17.4. The van der Waals surface area contributed by atoms with Gasteiger partial charge in [-0.1, -0.05) is 47.2 Å². The molecule has 0 radical (unpaired) electrons. The molecule has 1 aromatic heterocycles. The van der Waals surface area contributed by atoms with Crippen LogP contribution in [0.25, 0.3) is 10.2 Å². The number of hydrogen-bond donors (Lipinski definition) is 0. The van der Waals surface area contributed by atoms with Gasteiger partial charge in [-0.15, -0.1) is 0 Å². The number of carbonyl (C=O) groups excluding carboxylic acids is 1. The van der Waals surface area contributed by atoms with Crippen LogP contribution in [-0.4, -0.2) is 30.1 Å². The Morgan fingerprint density at radius 1 is 1.24 bits per heavy atom. The van der Waals surface area contributed by atoms with Crippen molar-refractivity contribution >= 4 is 32.7 Å². The van der Waals surface area contributed by atoms with E-state index < -0.39 is 0 Å². The first-order valence-electron chi connectivity index (χ1n) is 8.44. The van der Waals surface area contributed by atoms with E-state index in [-0.39, 0.29) is 12.1 Å². The van der Waals surface area contributed by atoms with E-state index in [9.17, 15) is 4.79 Å². The molecule has 0 N–H and O–H groups in total. The smallest absolute Gasteiger partial charge is 0.310 e. The average molecular weight is 352 g/mol. The second-order valence-corrected chi connectivity index (χ2v) is 7.60. The van der Waals surface area contributed by atoms with Crippen molar-refractivity contribution in [3.63, 3.8) is 0 Å². The summed E-state index contributed by atoms with van der Waals surface area (Å²) in [5.41, 5.74) is 4.37. The van der Waals surface area contributed by atoms with Crippen molar-refractivity contribution in [2.24, 2.45) is 0 Å². The van der Waals surface area contributed by atoms with Crippen molar-refractivity contribution in [2.75, 3.05) is 18.0 Å². The minimum absolute atomic E-state index is 0.0374. The molecule has 1 aliphatic heterocycles. The number of rotatable bonds is 4. The summed E-state index contributed by atoms with van der Waals surface area (Å²) < 4.78 is 6.80. The number of hydrogen-bond acceptors (Lipinski definition) is 5. The zero-order valence-electron chi connectivity index (χ0n) is 14.4. The Bertz CT molecular complexity index is 895. The molecule has 2 heterocycles. The van der Waals surface area contributed by atoms with Crippen molar-refractivity contribution in [3.05, 3.63) is 59.2 Å². The molecule has 0 atom stereocenters. The predicted molar refractivity (Wildman–Crippen MR) is 101 cm³/mol. The lowest BCUT2D eigenvalue weighted by atomic mass is 10.0. The van der Waals surface area contributed by atoms with Crippen LogP contribution >= 0.6 is 11.3 Å².